The fraction of sp³-hybridized carbons (Fsp3) is 0.517. The Morgan fingerprint density at radius 1 is 0.914 bits per heavy atom. The maximum atomic E-state index is 13.2. The van der Waals surface area contributed by atoms with Gasteiger partial charge < -0.3 is 15.4 Å². The van der Waals surface area contributed by atoms with Gasteiger partial charge in [0.05, 0.1) is 6.42 Å². The van der Waals surface area contributed by atoms with Gasteiger partial charge in [0.1, 0.15) is 11.4 Å². The van der Waals surface area contributed by atoms with Gasteiger partial charge in [-0.2, -0.15) is 0 Å². The van der Waals surface area contributed by atoms with E-state index in [1.165, 1.54) is 24.0 Å². The van der Waals surface area contributed by atoms with Crippen molar-refractivity contribution in [3.8, 4) is 5.75 Å². The quantitative estimate of drug-likeness (QED) is 0.711. The summed E-state index contributed by atoms with van der Waals surface area (Å²) in [6.45, 7) is 9.07. The topological polar surface area (TPSA) is 75.9 Å². The lowest BCUT2D eigenvalue weighted by Gasteiger charge is -2.47. The number of likely N-dealkylation sites (tertiary alicyclic amines) is 2. The molecule has 6 nitrogen and oxygen atoms in total. The van der Waals surface area contributed by atoms with Crippen molar-refractivity contribution >= 4 is 11.8 Å². The lowest BCUT2D eigenvalue weighted by atomic mass is 9.71. The molecular formula is C29H37N3O3. The summed E-state index contributed by atoms with van der Waals surface area (Å²) >= 11 is 0. The first-order chi connectivity index (χ1) is 16.7. The number of rotatable bonds is 5. The number of hydrogen-bond donors (Lipinski definition) is 1. The molecule has 2 N–H and O–H groups in total. The van der Waals surface area contributed by atoms with Crippen molar-refractivity contribution in [1.82, 2.24) is 9.80 Å². The Bertz CT molecular complexity index is 1110. The molecule has 5 rings (SSSR count). The summed E-state index contributed by atoms with van der Waals surface area (Å²) in [6, 6.07) is 13.8. The molecule has 0 saturated carbocycles. The summed E-state index contributed by atoms with van der Waals surface area (Å²) in [5.74, 6) is 0.666. The van der Waals surface area contributed by atoms with Crippen LogP contribution in [0.2, 0.25) is 0 Å². The van der Waals surface area contributed by atoms with E-state index >= 15 is 0 Å². The van der Waals surface area contributed by atoms with Crippen LogP contribution in [0, 0.1) is 5.41 Å². The van der Waals surface area contributed by atoms with Crippen molar-refractivity contribution in [3.05, 3.63) is 64.7 Å². The van der Waals surface area contributed by atoms with E-state index in [0.717, 1.165) is 63.3 Å². The number of carbonyl (C=O) groups excluding carboxylic acids is 2. The molecular weight excluding hydrogens is 438 g/mol. The van der Waals surface area contributed by atoms with Crippen molar-refractivity contribution in [2.75, 3.05) is 26.2 Å². The van der Waals surface area contributed by atoms with E-state index in [-0.39, 0.29) is 17.9 Å². The molecule has 2 fully saturated rings. The number of primary amides is 1. The van der Waals surface area contributed by atoms with Crippen LogP contribution in [0.25, 0.3) is 0 Å². The Morgan fingerprint density at radius 3 is 2.29 bits per heavy atom. The number of nitrogens with zero attached hydrogens (tertiary/aromatic N) is 2. The molecule has 0 bridgehead atoms. The minimum absolute atomic E-state index is 0.0252. The number of benzene rings is 2. The van der Waals surface area contributed by atoms with Crippen LogP contribution in [0.15, 0.2) is 42.5 Å². The summed E-state index contributed by atoms with van der Waals surface area (Å²) in [6.07, 6.45) is 5.54. The summed E-state index contributed by atoms with van der Waals surface area (Å²) in [5.41, 5.74) is 9.72. The first kappa shape index (κ1) is 23.9. The molecule has 2 saturated heterocycles. The fourth-order valence-electron chi connectivity index (χ4n) is 6.17. The van der Waals surface area contributed by atoms with Gasteiger partial charge in [-0.15, -0.1) is 0 Å². The molecule has 0 atom stereocenters. The first-order valence-corrected chi connectivity index (χ1v) is 12.9. The van der Waals surface area contributed by atoms with E-state index in [9.17, 15) is 9.59 Å². The normalized spacial score (nSPS) is 20.9. The molecule has 3 aliphatic heterocycles. The third-order valence-electron chi connectivity index (χ3n) is 8.25. The zero-order chi connectivity index (χ0) is 24.6. The van der Waals surface area contributed by atoms with Crippen molar-refractivity contribution in [1.29, 1.82) is 0 Å². The SMILES string of the molecule is CC1(C)Cc2c(CN3CCC4(CC3)CCN(C(=O)c3ccccc3CC(N)=O)CC4)cccc2O1. The van der Waals surface area contributed by atoms with Crippen LogP contribution >= 0.6 is 0 Å². The Morgan fingerprint density at radius 2 is 1.57 bits per heavy atom. The lowest BCUT2D eigenvalue weighted by molar-refractivity contribution is -0.117. The van der Waals surface area contributed by atoms with E-state index < -0.39 is 5.91 Å². The van der Waals surface area contributed by atoms with Gasteiger partial charge in [0.15, 0.2) is 0 Å². The molecule has 3 heterocycles. The molecule has 0 unspecified atom stereocenters. The van der Waals surface area contributed by atoms with Crippen LogP contribution in [0.5, 0.6) is 5.75 Å². The van der Waals surface area contributed by atoms with Crippen molar-refractivity contribution in [2.45, 2.75) is 64.5 Å². The van der Waals surface area contributed by atoms with Crippen molar-refractivity contribution in [2.24, 2.45) is 11.1 Å². The van der Waals surface area contributed by atoms with Gasteiger partial charge in [-0.25, -0.2) is 0 Å². The molecule has 6 heteroatoms. The summed E-state index contributed by atoms with van der Waals surface area (Å²) < 4.78 is 6.13. The number of ether oxygens (including phenoxy) is 1. The molecule has 35 heavy (non-hydrogen) atoms. The van der Waals surface area contributed by atoms with E-state index in [0.29, 0.717) is 11.0 Å². The van der Waals surface area contributed by atoms with Gasteiger partial charge in [-0.05, 0) is 81.3 Å². The number of carbonyl (C=O) groups is 2. The van der Waals surface area contributed by atoms with Gasteiger partial charge in [0.2, 0.25) is 5.91 Å². The van der Waals surface area contributed by atoms with Crippen molar-refractivity contribution in [3.63, 3.8) is 0 Å². The molecule has 0 aromatic heterocycles. The number of piperidine rings is 2. The number of amides is 2. The monoisotopic (exact) mass is 475 g/mol. The second-order valence-electron chi connectivity index (χ2n) is 11.3. The second kappa shape index (κ2) is 9.30. The predicted octanol–water partition coefficient (Wildman–Crippen LogP) is 3.95. The third-order valence-corrected chi connectivity index (χ3v) is 8.25. The fourth-order valence-corrected chi connectivity index (χ4v) is 6.17. The van der Waals surface area contributed by atoms with E-state index in [1.807, 2.05) is 29.2 Å². The smallest absolute Gasteiger partial charge is 0.254 e. The lowest BCUT2D eigenvalue weighted by Crippen LogP contribution is -2.48. The molecule has 2 amide bonds. The van der Waals surface area contributed by atoms with E-state index in [2.05, 4.69) is 36.9 Å². The number of hydrogen-bond acceptors (Lipinski definition) is 4. The van der Waals surface area contributed by atoms with Crippen LogP contribution in [-0.4, -0.2) is 53.4 Å². The number of fused-ring (bicyclic) bond motifs is 1. The maximum Gasteiger partial charge on any atom is 0.254 e. The van der Waals surface area contributed by atoms with Crippen LogP contribution in [-0.2, 0) is 24.2 Å². The molecule has 3 aliphatic rings. The van der Waals surface area contributed by atoms with Crippen LogP contribution < -0.4 is 10.5 Å². The molecule has 0 aliphatic carbocycles. The highest BCUT2D eigenvalue weighted by atomic mass is 16.5. The molecule has 0 radical (unpaired) electrons. The Labute approximate surface area is 208 Å². The second-order valence-corrected chi connectivity index (χ2v) is 11.3. The Kier molecular flexibility index (Phi) is 6.34. The van der Waals surface area contributed by atoms with E-state index in [4.69, 9.17) is 10.5 Å². The Balaban J connectivity index is 1.17. The highest BCUT2D eigenvalue weighted by Gasteiger charge is 2.39. The summed E-state index contributed by atoms with van der Waals surface area (Å²) in [5, 5.41) is 0. The molecule has 186 valence electrons. The predicted molar refractivity (Wildman–Crippen MR) is 136 cm³/mol. The maximum absolute atomic E-state index is 13.2. The van der Waals surface area contributed by atoms with Gasteiger partial charge in [-0.1, -0.05) is 30.3 Å². The van der Waals surface area contributed by atoms with E-state index in [1.54, 1.807) is 0 Å². The summed E-state index contributed by atoms with van der Waals surface area (Å²) in [7, 11) is 0. The van der Waals surface area contributed by atoms with Gasteiger partial charge in [0.25, 0.3) is 5.91 Å². The Hall–Kier alpha value is -2.86. The molecule has 2 aromatic rings. The standard InChI is InChI=1S/C29H37N3O3/c1-28(2)19-24-22(7-5-9-25(24)35-28)20-31-14-10-29(11-15-31)12-16-32(17-13-29)27(34)23-8-4-3-6-21(23)18-26(30)33/h3-9H,10-20H2,1-2H3,(H2,30,33). The first-order valence-electron chi connectivity index (χ1n) is 12.9. The third kappa shape index (κ3) is 5.08. The average Bonchev–Trinajstić information content (AvgIpc) is 3.16. The van der Waals surface area contributed by atoms with Crippen LogP contribution in [0.3, 0.4) is 0 Å². The van der Waals surface area contributed by atoms with Gasteiger partial charge >= 0.3 is 0 Å². The average molecular weight is 476 g/mol. The van der Waals surface area contributed by atoms with Crippen molar-refractivity contribution < 1.29 is 14.3 Å². The highest BCUT2D eigenvalue weighted by molar-refractivity contribution is 5.97. The van der Waals surface area contributed by atoms with Crippen LogP contribution in [0.1, 0.15) is 66.6 Å². The molecule has 1 spiro atoms. The minimum atomic E-state index is -0.411. The summed E-state index contributed by atoms with van der Waals surface area (Å²) in [4.78, 5) is 29.2. The van der Waals surface area contributed by atoms with Gasteiger partial charge in [0, 0.05) is 37.2 Å². The number of nitrogens with two attached hydrogens (primary N) is 1. The van der Waals surface area contributed by atoms with Gasteiger partial charge in [-0.3, -0.25) is 14.5 Å². The molecule has 2 aromatic carbocycles. The van der Waals surface area contributed by atoms with Crippen LogP contribution in [0.4, 0.5) is 0 Å². The minimum Gasteiger partial charge on any atom is -0.487 e. The largest absolute Gasteiger partial charge is 0.487 e. The zero-order valence-electron chi connectivity index (χ0n) is 21.0. The zero-order valence-corrected chi connectivity index (χ0v) is 21.0. The highest BCUT2D eigenvalue weighted by Crippen LogP contribution is 2.43.